The molecule has 2 heterocycles. The van der Waals surface area contributed by atoms with Crippen LogP contribution < -0.4 is 19.5 Å². The van der Waals surface area contributed by atoms with Crippen LogP contribution in [0, 0.1) is 0 Å². The molecule has 9 heteroatoms. The summed E-state index contributed by atoms with van der Waals surface area (Å²) in [6, 6.07) is 21.0. The molecule has 5 rings (SSSR count). The van der Waals surface area contributed by atoms with Crippen LogP contribution in [0.15, 0.2) is 87.1 Å². The first kappa shape index (κ1) is 22.8. The van der Waals surface area contributed by atoms with E-state index in [1.807, 2.05) is 37.3 Å². The molecule has 0 radical (unpaired) electrons. The van der Waals surface area contributed by atoms with E-state index >= 15 is 0 Å². The van der Waals surface area contributed by atoms with Gasteiger partial charge < -0.3 is 23.9 Å². The Hall–Kier alpha value is -3.98. The first-order valence-corrected chi connectivity index (χ1v) is 12.6. The number of nitrogens with one attached hydrogen (secondary N) is 1. The molecule has 0 saturated carbocycles. The van der Waals surface area contributed by atoms with Crippen LogP contribution in [0.2, 0.25) is 0 Å². The molecule has 1 aliphatic rings. The summed E-state index contributed by atoms with van der Waals surface area (Å²) in [5.41, 5.74) is 1.55. The van der Waals surface area contributed by atoms with Gasteiger partial charge in [-0.3, -0.25) is 0 Å². The van der Waals surface area contributed by atoms with Crippen molar-refractivity contribution in [1.82, 2.24) is 4.98 Å². The maximum atomic E-state index is 13.7. The van der Waals surface area contributed by atoms with E-state index in [1.165, 1.54) is 12.1 Å². The minimum absolute atomic E-state index is 0.0302. The zero-order valence-electron chi connectivity index (χ0n) is 19.2. The van der Waals surface area contributed by atoms with E-state index in [-0.39, 0.29) is 27.7 Å². The molecule has 0 saturated heterocycles. The van der Waals surface area contributed by atoms with E-state index in [9.17, 15) is 8.42 Å². The Morgan fingerprint density at radius 2 is 1.71 bits per heavy atom. The molecule has 8 nitrogen and oxygen atoms in total. The lowest BCUT2D eigenvalue weighted by molar-refractivity contribution is 0.171. The topological polar surface area (TPSA) is 99.9 Å². The van der Waals surface area contributed by atoms with Gasteiger partial charge in [0, 0.05) is 11.6 Å². The van der Waals surface area contributed by atoms with Crippen LogP contribution in [0.5, 0.6) is 17.2 Å². The van der Waals surface area contributed by atoms with Crippen LogP contribution >= 0.6 is 0 Å². The maximum Gasteiger partial charge on any atom is 0.234 e. The lowest BCUT2D eigenvalue weighted by atomic mass is 10.1. The summed E-state index contributed by atoms with van der Waals surface area (Å²) < 4.78 is 49.9. The van der Waals surface area contributed by atoms with Crippen molar-refractivity contribution < 1.29 is 27.0 Å². The van der Waals surface area contributed by atoms with Gasteiger partial charge in [0.2, 0.25) is 26.6 Å². The fourth-order valence-electron chi connectivity index (χ4n) is 3.78. The predicted octanol–water partition coefficient (Wildman–Crippen LogP) is 5.13. The van der Waals surface area contributed by atoms with Gasteiger partial charge in [-0.15, -0.1) is 0 Å². The van der Waals surface area contributed by atoms with Crippen molar-refractivity contribution in [3.8, 4) is 28.7 Å². The number of rotatable bonds is 7. The van der Waals surface area contributed by atoms with Crippen molar-refractivity contribution in [3.63, 3.8) is 0 Å². The molecule has 0 bridgehead atoms. The second kappa shape index (κ2) is 9.34. The average molecular weight is 493 g/mol. The Kier molecular flexibility index (Phi) is 6.08. The number of methoxy groups -OCH3 is 1. The van der Waals surface area contributed by atoms with Crippen molar-refractivity contribution in [2.75, 3.05) is 25.6 Å². The highest BCUT2D eigenvalue weighted by Crippen LogP contribution is 2.38. The van der Waals surface area contributed by atoms with Crippen molar-refractivity contribution in [2.24, 2.45) is 0 Å². The Morgan fingerprint density at radius 3 is 2.49 bits per heavy atom. The summed E-state index contributed by atoms with van der Waals surface area (Å²) >= 11 is 0. The Labute approximate surface area is 203 Å². The SMILES string of the molecule is COc1cccc(-c2nc(S(=O)(=O)c3ccc4c(c3)OCCO4)c(NC(C)c3ccccc3)o2)c1. The monoisotopic (exact) mass is 492 g/mol. The molecular weight excluding hydrogens is 468 g/mol. The van der Waals surface area contributed by atoms with E-state index in [1.54, 1.807) is 37.4 Å². The molecule has 1 atom stereocenters. The number of hydrogen-bond acceptors (Lipinski definition) is 8. The molecule has 3 aromatic carbocycles. The van der Waals surface area contributed by atoms with Gasteiger partial charge in [0.25, 0.3) is 0 Å². The molecule has 4 aromatic rings. The van der Waals surface area contributed by atoms with Crippen molar-refractivity contribution >= 4 is 15.7 Å². The van der Waals surface area contributed by atoms with Gasteiger partial charge in [-0.05, 0) is 42.8 Å². The summed E-state index contributed by atoms with van der Waals surface area (Å²) in [4.78, 5) is 4.45. The number of nitrogens with zero attached hydrogens (tertiary/aromatic N) is 1. The number of ether oxygens (including phenoxy) is 3. The van der Waals surface area contributed by atoms with E-state index in [0.717, 1.165) is 5.56 Å². The second-order valence-corrected chi connectivity index (χ2v) is 9.84. The van der Waals surface area contributed by atoms with Crippen LogP contribution in [0.25, 0.3) is 11.5 Å². The largest absolute Gasteiger partial charge is 0.497 e. The smallest absolute Gasteiger partial charge is 0.234 e. The Morgan fingerprint density at radius 1 is 0.943 bits per heavy atom. The van der Waals surface area contributed by atoms with E-state index in [0.29, 0.717) is 36.0 Å². The fourth-order valence-corrected chi connectivity index (χ4v) is 5.06. The summed E-state index contributed by atoms with van der Waals surface area (Å²) in [5, 5.41) is 2.98. The Balaban J connectivity index is 1.59. The number of hydrogen-bond donors (Lipinski definition) is 1. The standard InChI is InChI=1S/C26H24N2O6S/c1-17(18-7-4-3-5-8-18)27-25-26(28-24(34-25)19-9-6-10-20(15-19)31-2)35(29,30)21-11-12-22-23(16-21)33-14-13-32-22/h3-12,15-17,27H,13-14H2,1-2H3. The van der Waals surface area contributed by atoms with Crippen molar-refractivity contribution in [2.45, 2.75) is 22.9 Å². The lowest BCUT2D eigenvalue weighted by Gasteiger charge is -2.19. The summed E-state index contributed by atoms with van der Waals surface area (Å²) in [6.07, 6.45) is 0. The number of aromatic nitrogens is 1. The van der Waals surface area contributed by atoms with Crippen LogP contribution in [0.3, 0.4) is 0 Å². The minimum atomic E-state index is -4.07. The second-order valence-electron chi connectivity index (χ2n) is 7.97. The third-order valence-corrected chi connectivity index (χ3v) is 7.30. The highest BCUT2D eigenvalue weighted by atomic mass is 32.2. The Bertz CT molecular complexity index is 1450. The van der Waals surface area contributed by atoms with E-state index < -0.39 is 9.84 Å². The summed E-state index contributed by atoms with van der Waals surface area (Å²) in [6.45, 7) is 2.68. The van der Waals surface area contributed by atoms with Gasteiger partial charge in [0.05, 0.1) is 18.0 Å². The van der Waals surface area contributed by atoms with Gasteiger partial charge in [-0.25, -0.2) is 8.42 Å². The molecule has 0 amide bonds. The van der Waals surface area contributed by atoms with Gasteiger partial charge in [-0.1, -0.05) is 36.4 Å². The number of sulfone groups is 1. The average Bonchev–Trinajstić information content (AvgIpc) is 3.33. The first-order valence-electron chi connectivity index (χ1n) is 11.1. The number of oxazole rings is 1. The zero-order valence-corrected chi connectivity index (χ0v) is 20.0. The summed E-state index contributed by atoms with van der Waals surface area (Å²) in [7, 11) is -2.51. The fraction of sp³-hybridized carbons (Fsp3) is 0.192. The molecule has 1 aliphatic heterocycles. The van der Waals surface area contributed by atoms with Crippen molar-refractivity contribution in [1.29, 1.82) is 0 Å². The normalized spacial score (nSPS) is 13.8. The summed E-state index contributed by atoms with van der Waals surface area (Å²) in [5.74, 6) is 1.69. The molecule has 0 aliphatic carbocycles. The van der Waals surface area contributed by atoms with Crippen LogP contribution in [0.4, 0.5) is 5.88 Å². The highest BCUT2D eigenvalue weighted by molar-refractivity contribution is 7.91. The minimum Gasteiger partial charge on any atom is -0.497 e. The number of anilines is 1. The highest BCUT2D eigenvalue weighted by Gasteiger charge is 2.31. The quantitative estimate of drug-likeness (QED) is 0.379. The molecule has 0 fully saturated rings. The van der Waals surface area contributed by atoms with Gasteiger partial charge >= 0.3 is 0 Å². The molecule has 1 N–H and O–H groups in total. The van der Waals surface area contributed by atoms with E-state index in [4.69, 9.17) is 18.6 Å². The molecule has 0 spiro atoms. The zero-order chi connectivity index (χ0) is 24.4. The third-order valence-electron chi connectivity index (χ3n) is 5.64. The van der Waals surface area contributed by atoms with Crippen LogP contribution in [-0.2, 0) is 9.84 Å². The molecule has 1 unspecified atom stereocenters. The first-order chi connectivity index (χ1) is 17.0. The molecule has 1 aromatic heterocycles. The molecule has 180 valence electrons. The molecule has 35 heavy (non-hydrogen) atoms. The van der Waals surface area contributed by atoms with Crippen LogP contribution in [0.1, 0.15) is 18.5 Å². The van der Waals surface area contributed by atoms with E-state index in [2.05, 4.69) is 10.3 Å². The number of benzene rings is 3. The predicted molar refractivity (Wildman–Crippen MR) is 130 cm³/mol. The number of fused-ring (bicyclic) bond motifs is 1. The van der Waals surface area contributed by atoms with Gasteiger partial charge in [0.15, 0.2) is 11.5 Å². The molecular formula is C26H24N2O6S. The lowest BCUT2D eigenvalue weighted by Crippen LogP contribution is -2.16. The van der Waals surface area contributed by atoms with Crippen molar-refractivity contribution in [3.05, 3.63) is 78.4 Å². The maximum absolute atomic E-state index is 13.7. The van der Waals surface area contributed by atoms with Crippen LogP contribution in [-0.4, -0.2) is 33.7 Å². The van der Waals surface area contributed by atoms with Gasteiger partial charge in [-0.2, -0.15) is 4.98 Å². The third kappa shape index (κ3) is 4.54. The van der Waals surface area contributed by atoms with Gasteiger partial charge in [0.1, 0.15) is 19.0 Å².